The van der Waals surface area contributed by atoms with Crippen molar-refractivity contribution in [2.24, 2.45) is 4.99 Å². The maximum Gasteiger partial charge on any atom is 0.257 e. The van der Waals surface area contributed by atoms with E-state index in [-0.39, 0.29) is 11.7 Å². The number of thioether (sulfide) groups is 1. The van der Waals surface area contributed by atoms with Crippen molar-refractivity contribution in [3.63, 3.8) is 0 Å². The van der Waals surface area contributed by atoms with Crippen LogP contribution in [0.4, 0.5) is 4.39 Å². The molecule has 0 saturated heterocycles. The summed E-state index contributed by atoms with van der Waals surface area (Å²) in [5, 5.41) is 3.36. The minimum atomic E-state index is -0.696. The zero-order valence-electron chi connectivity index (χ0n) is 13.1. The van der Waals surface area contributed by atoms with E-state index in [0.717, 1.165) is 10.2 Å². The molecule has 0 spiro atoms. The van der Waals surface area contributed by atoms with Crippen molar-refractivity contribution in [1.29, 1.82) is 0 Å². The molecule has 124 valence electrons. The summed E-state index contributed by atoms with van der Waals surface area (Å²) in [5.41, 5.74) is 0.406. The number of nitrogens with zero attached hydrogens (tertiary/aromatic N) is 1. The Morgan fingerprint density at radius 1 is 1.29 bits per heavy atom. The highest BCUT2D eigenvalue weighted by atomic mass is 79.9. The summed E-state index contributed by atoms with van der Waals surface area (Å²) in [7, 11) is 0. The maximum atomic E-state index is 14.3. The number of halogens is 2. The van der Waals surface area contributed by atoms with E-state index in [4.69, 9.17) is 0 Å². The Kier molecular flexibility index (Phi) is 5.06. The van der Waals surface area contributed by atoms with Crippen molar-refractivity contribution in [2.75, 3.05) is 5.75 Å². The average molecular weight is 407 g/mol. The van der Waals surface area contributed by atoms with Crippen LogP contribution in [0.1, 0.15) is 29.3 Å². The molecule has 0 fully saturated rings. The molecule has 0 aliphatic carbocycles. The summed E-state index contributed by atoms with van der Waals surface area (Å²) in [6.07, 6.45) is 0.704. The van der Waals surface area contributed by atoms with Gasteiger partial charge in [-0.2, -0.15) is 0 Å². The van der Waals surface area contributed by atoms with Gasteiger partial charge in [-0.1, -0.05) is 45.9 Å². The van der Waals surface area contributed by atoms with Crippen LogP contribution in [0.3, 0.4) is 0 Å². The summed E-state index contributed by atoms with van der Waals surface area (Å²) in [6, 6.07) is 13.8. The van der Waals surface area contributed by atoms with Gasteiger partial charge in [0.15, 0.2) is 5.17 Å². The second-order valence-electron chi connectivity index (χ2n) is 5.73. The highest BCUT2D eigenvalue weighted by Gasteiger charge is 2.33. The van der Waals surface area contributed by atoms with Gasteiger partial charge in [-0.05, 0) is 43.7 Å². The summed E-state index contributed by atoms with van der Waals surface area (Å²) in [4.78, 5) is 16.9. The molecule has 6 heteroatoms. The standard InChI is InChI=1S/C18H16BrFN2OS/c1-18(14-11-13(19)7-8-15(14)20)9-10-24-17(22-18)21-16(23)12-5-3-2-4-6-12/h2-8,11H,9-10H2,1H3,(H,21,22,23). The minimum Gasteiger partial charge on any atom is -0.301 e. The van der Waals surface area contributed by atoms with Gasteiger partial charge in [0, 0.05) is 21.4 Å². The Morgan fingerprint density at radius 3 is 2.79 bits per heavy atom. The van der Waals surface area contributed by atoms with Crippen LogP contribution in [0.15, 0.2) is 58.0 Å². The molecule has 3 rings (SSSR count). The second-order valence-corrected chi connectivity index (χ2v) is 7.73. The number of amides is 1. The largest absolute Gasteiger partial charge is 0.301 e. The zero-order chi connectivity index (χ0) is 17.2. The smallest absolute Gasteiger partial charge is 0.257 e. The van der Waals surface area contributed by atoms with Gasteiger partial charge in [-0.25, -0.2) is 4.39 Å². The first-order valence-corrected chi connectivity index (χ1v) is 9.30. The molecule has 0 radical (unpaired) electrons. The molecule has 0 saturated carbocycles. The Bertz CT molecular complexity index is 797. The summed E-state index contributed by atoms with van der Waals surface area (Å²) >= 11 is 4.86. The Labute approximate surface area is 152 Å². The number of hydrogen-bond acceptors (Lipinski definition) is 3. The molecule has 2 aromatic rings. The van der Waals surface area contributed by atoms with Gasteiger partial charge in [-0.15, -0.1) is 0 Å². The fourth-order valence-electron chi connectivity index (χ4n) is 2.59. The molecular weight excluding hydrogens is 391 g/mol. The van der Waals surface area contributed by atoms with E-state index in [2.05, 4.69) is 26.2 Å². The number of benzene rings is 2. The van der Waals surface area contributed by atoms with Crippen LogP contribution in [0.25, 0.3) is 0 Å². The third-order valence-electron chi connectivity index (χ3n) is 3.94. The predicted octanol–water partition coefficient (Wildman–Crippen LogP) is 4.73. The number of rotatable bonds is 2. The molecule has 1 aliphatic heterocycles. The van der Waals surface area contributed by atoms with Crippen LogP contribution in [0.2, 0.25) is 0 Å². The Balaban J connectivity index is 1.87. The van der Waals surface area contributed by atoms with Gasteiger partial charge in [0.1, 0.15) is 5.82 Å². The lowest BCUT2D eigenvalue weighted by Gasteiger charge is -2.31. The zero-order valence-corrected chi connectivity index (χ0v) is 15.5. The van der Waals surface area contributed by atoms with E-state index >= 15 is 0 Å². The third-order valence-corrected chi connectivity index (χ3v) is 5.31. The van der Waals surface area contributed by atoms with Crippen LogP contribution in [0, 0.1) is 5.82 Å². The number of carbonyl (C=O) groups is 1. The van der Waals surface area contributed by atoms with E-state index in [1.807, 2.05) is 25.1 Å². The predicted molar refractivity (Wildman–Crippen MR) is 99.9 cm³/mol. The summed E-state index contributed by atoms with van der Waals surface area (Å²) in [5.74, 6) is 0.266. The molecular formula is C18H16BrFN2OS. The second kappa shape index (κ2) is 7.07. The highest BCUT2D eigenvalue weighted by Crippen LogP contribution is 2.37. The molecule has 1 N–H and O–H groups in total. The van der Waals surface area contributed by atoms with Gasteiger partial charge in [0.05, 0.1) is 5.54 Å². The molecule has 24 heavy (non-hydrogen) atoms. The topological polar surface area (TPSA) is 41.5 Å². The fourth-order valence-corrected chi connectivity index (χ4v) is 4.07. The molecule has 0 bridgehead atoms. The van der Waals surface area contributed by atoms with Crippen molar-refractivity contribution in [1.82, 2.24) is 5.32 Å². The lowest BCUT2D eigenvalue weighted by atomic mass is 9.89. The van der Waals surface area contributed by atoms with E-state index in [0.29, 0.717) is 22.7 Å². The van der Waals surface area contributed by atoms with Crippen molar-refractivity contribution >= 4 is 38.8 Å². The van der Waals surface area contributed by atoms with E-state index in [9.17, 15) is 9.18 Å². The highest BCUT2D eigenvalue weighted by molar-refractivity contribution is 9.10. The Morgan fingerprint density at radius 2 is 2.04 bits per heavy atom. The van der Waals surface area contributed by atoms with Crippen molar-refractivity contribution in [3.05, 3.63) is 69.9 Å². The number of nitrogens with one attached hydrogen (secondary N) is 1. The lowest BCUT2D eigenvalue weighted by Crippen LogP contribution is -2.35. The minimum absolute atomic E-state index is 0.208. The number of hydrogen-bond donors (Lipinski definition) is 1. The van der Waals surface area contributed by atoms with E-state index in [1.54, 1.807) is 24.3 Å². The summed E-state index contributed by atoms with van der Waals surface area (Å²) in [6.45, 7) is 1.90. The molecule has 1 unspecified atom stereocenters. The molecule has 1 amide bonds. The van der Waals surface area contributed by atoms with Crippen molar-refractivity contribution in [3.8, 4) is 0 Å². The lowest BCUT2D eigenvalue weighted by molar-refractivity contribution is 0.0977. The third kappa shape index (κ3) is 3.70. The fraction of sp³-hybridized carbons (Fsp3) is 0.222. The molecule has 0 aromatic heterocycles. The monoisotopic (exact) mass is 406 g/mol. The van der Waals surface area contributed by atoms with Crippen LogP contribution in [-0.2, 0) is 5.54 Å². The van der Waals surface area contributed by atoms with Crippen molar-refractivity contribution in [2.45, 2.75) is 18.9 Å². The molecule has 1 heterocycles. The van der Waals surface area contributed by atoms with Gasteiger partial charge in [0.25, 0.3) is 5.91 Å². The normalized spacial score (nSPS) is 20.4. The average Bonchev–Trinajstić information content (AvgIpc) is 2.58. The number of amidine groups is 1. The van der Waals surface area contributed by atoms with Crippen LogP contribution in [0.5, 0.6) is 0 Å². The molecule has 1 aliphatic rings. The van der Waals surface area contributed by atoms with Crippen LogP contribution < -0.4 is 5.32 Å². The first kappa shape index (κ1) is 17.2. The molecule has 3 nitrogen and oxygen atoms in total. The molecule has 1 atom stereocenters. The first-order chi connectivity index (χ1) is 11.5. The van der Waals surface area contributed by atoms with Crippen LogP contribution >= 0.6 is 27.7 Å². The van der Waals surface area contributed by atoms with E-state index < -0.39 is 5.54 Å². The van der Waals surface area contributed by atoms with Gasteiger partial charge in [0.2, 0.25) is 0 Å². The maximum absolute atomic E-state index is 14.3. The number of aliphatic imine (C=N–C) groups is 1. The number of carbonyl (C=O) groups excluding carboxylic acids is 1. The molecule has 2 aromatic carbocycles. The summed E-state index contributed by atoms with van der Waals surface area (Å²) < 4.78 is 15.1. The van der Waals surface area contributed by atoms with Crippen molar-refractivity contribution < 1.29 is 9.18 Å². The Hall–Kier alpha value is -1.66. The quantitative estimate of drug-likeness (QED) is 0.783. The van der Waals surface area contributed by atoms with Gasteiger partial charge in [-0.3, -0.25) is 9.79 Å². The first-order valence-electron chi connectivity index (χ1n) is 7.52. The SMILES string of the molecule is CC1(c2cc(Br)ccc2F)CCSC(NC(=O)c2ccccc2)=N1. The van der Waals surface area contributed by atoms with Gasteiger partial charge < -0.3 is 5.32 Å². The van der Waals surface area contributed by atoms with E-state index in [1.165, 1.54) is 17.8 Å². The van der Waals surface area contributed by atoms with Crippen LogP contribution in [-0.4, -0.2) is 16.8 Å². The van der Waals surface area contributed by atoms with Gasteiger partial charge >= 0.3 is 0 Å².